The molecule has 7 heteroatoms. The lowest BCUT2D eigenvalue weighted by Gasteiger charge is -2.31. The highest BCUT2D eigenvalue weighted by atomic mass is 79.9. The van der Waals surface area contributed by atoms with Crippen molar-refractivity contribution in [3.63, 3.8) is 0 Å². The lowest BCUT2D eigenvalue weighted by atomic mass is 9.74. The van der Waals surface area contributed by atoms with E-state index in [1.807, 2.05) is 25.2 Å². The highest BCUT2D eigenvalue weighted by molar-refractivity contribution is 9.09. The molecule has 0 aliphatic heterocycles. The van der Waals surface area contributed by atoms with Crippen molar-refractivity contribution in [1.29, 1.82) is 0 Å². The van der Waals surface area contributed by atoms with Crippen LogP contribution in [-0.4, -0.2) is 29.3 Å². The minimum Gasteiger partial charge on any atom is -0.462 e. The first kappa shape index (κ1) is 20.4. The summed E-state index contributed by atoms with van der Waals surface area (Å²) in [5.74, 6) is -0.663. The van der Waals surface area contributed by atoms with Crippen LogP contribution in [0.3, 0.4) is 0 Å². The van der Waals surface area contributed by atoms with Gasteiger partial charge in [0.2, 0.25) is 5.91 Å². The van der Waals surface area contributed by atoms with E-state index >= 15 is 0 Å². The molecule has 0 heterocycles. The molecule has 3 N–H and O–H groups in total. The molecular formula is C17H25BrN2O4. The van der Waals surface area contributed by atoms with Crippen molar-refractivity contribution in [3.8, 4) is 0 Å². The second-order valence-corrected chi connectivity index (χ2v) is 6.80. The molecule has 0 bridgehead atoms. The number of hydrogen-bond acceptors (Lipinski definition) is 4. The van der Waals surface area contributed by atoms with Gasteiger partial charge >= 0.3 is 12.0 Å². The zero-order valence-corrected chi connectivity index (χ0v) is 15.7. The van der Waals surface area contributed by atoms with Gasteiger partial charge in [0.1, 0.15) is 6.10 Å². The summed E-state index contributed by atoms with van der Waals surface area (Å²) in [4.78, 5) is 34.5. The van der Waals surface area contributed by atoms with Crippen molar-refractivity contribution in [2.45, 2.75) is 52.1 Å². The highest BCUT2D eigenvalue weighted by Crippen LogP contribution is 2.37. The number of ether oxygens (including phenoxy) is 1. The van der Waals surface area contributed by atoms with E-state index in [9.17, 15) is 14.4 Å². The van der Waals surface area contributed by atoms with Gasteiger partial charge in [-0.2, -0.15) is 0 Å². The number of esters is 1. The number of allylic oxidation sites excluding steroid dienone is 3. The number of unbranched alkanes of at least 4 members (excludes halogenated alkanes) is 1. The van der Waals surface area contributed by atoms with Crippen molar-refractivity contribution in [1.82, 2.24) is 5.32 Å². The van der Waals surface area contributed by atoms with Crippen LogP contribution in [0.5, 0.6) is 0 Å². The van der Waals surface area contributed by atoms with Gasteiger partial charge in [-0.15, -0.1) is 0 Å². The van der Waals surface area contributed by atoms with Crippen LogP contribution in [-0.2, 0) is 14.3 Å². The van der Waals surface area contributed by atoms with E-state index in [-0.39, 0.29) is 18.0 Å². The van der Waals surface area contributed by atoms with Gasteiger partial charge in [0.15, 0.2) is 0 Å². The zero-order valence-electron chi connectivity index (χ0n) is 14.1. The molecule has 0 aromatic carbocycles. The lowest BCUT2D eigenvalue weighted by Crippen LogP contribution is -2.45. The Balaban J connectivity index is 2.62. The van der Waals surface area contributed by atoms with Crippen LogP contribution in [0.4, 0.5) is 4.79 Å². The number of nitrogens with one attached hydrogen (secondary N) is 1. The molecule has 0 saturated heterocycles. The van der Waals surface area contributed by atoms with E-state index in [0.717, 1.165) is 24.8 Å². The molecule has 3 amide bonds. The maximum atomic E-state index is 12.4. The van der Waals surface area contributed by atoms with Gasteiger partial charge in [-0.3, -0.25) is 14.9 Å². The molecule has 0 fully saturated rings. The summed E-state index contributed by atoms with van der Waals surface area (Å²) in [5.41, 5.74) is 5.42. The molecule has 2 atom stereocenters. The fraction of sp³-hybridized carbons (Fsp3) is 0.588. The molecule has 2 unspecified atom stereocenters. The Hall–Kier alpha value is -1.63. The third-order valence-corrected chi connectivity index (χ3v) is 4.71. The minimum atomic E-state index is -0.839. The monoisotopic (exact) mass is 400 g/mol. The number of carbonyl (C=O) groups is 3. The van der Waals surface area contributed by atoms with E-state index in [0.29, 0.717) is 18.2 Å². The van der Waals surface area contributed by atoms with Crippen molar-refractivity contribution in [3.05, 3.63) is 23.8 Å². The Morgan fingerprint density at radius 3 is 2.67 bits per heavy atom. The molecule has 0 aromatic heterocycles. The van der Waals surface area contributed by atoms with Gasteiger partial charge in [0, 0.05) is 12.3 Å². The number of urea groups is 1. The van der Waals surface area contributed by atoms with E-state index in [1.165, 1.54) is 6.92 Å². The van der Waals surface area contributed by atoms with Crippen LogP contribution in [0.15, 0.2) is 23.8 Å². The molecule has 1 aliphatic carbocycles. The summed E-state index contributed by atoms with van der Waals surface area (Å²) >= 11 is 3.33. The number of hydrogen-bond donors (Lipinski definition) is 2. The largest absolute Gasteiger partial charge is 0.462 e. The van der Waals surface area contributed by atoms with Crippen LogP contribution >= 0.6 is 15.9 Å². The second kappa shape index (κ2) is 9.61. The summed E-state index contributed by atoms with van der Waals surface area (Å²) < 4.78 is 5.18. The van der Waals surface area contributed by atoms with E-state index in [4.69, 9.17) is 10.5 Å². The maximum absolute atomic E-state index is 12.4. The number of halogens is 1. The molecule has 24 heavy (non-hydrogen) atoms. The number of alkyl halides is 1. The van der Waals surface area contributed by atoms with Crippen molar-refractivity contribution < 1.29 is 19.1 Å². The first-order valence-electron chi connectivity index (χ1n) is 7.98. The van der Waals surface area contributed by atoms with Crippen molar-refractivity contribution in [2.75, 3.05) is 5.33 Å². The number of primary amides is 1. The van der Waals surface area contributed by atoms with Crippen LogP contribution in [0.2, 0.25) is 0 Å². The second-order valence-electron chi connectivity index (χ2n) is 6.15. The Morgan fingerprint density at radius 2 is 2.12 bits per heavy atom. The van der Waals surface area contributed by atoms with Gasteiger partial charge in [-0.1, -0.05) is 46.2 Å². The van der Waals surface area contributed by atoms with Crippen LogP contribution in [0.1, 0.15) is 46.0 Å². The predicted molar refractivity (Wildman–Crippen MR) is 95.5 cm³/mol. The highest BCUT2D eigenvalue weighted by Gasteiger charge is 2.37. The number of imide groups is 1. The Morgan fingerprint density at radius 1 is 1.42 bits per heavy atom. The Labute approximate surface area is 151 Å². The third kappa shape index (κ3) is 6.47. The quantitative estimate of drug-likeness (QED) is 0.371. The van der Waals surface area contributed by atoms with E-state index < -0.39 is 11.4 Å². The average molecular weight is 401 g/mol. The van der Waals surface area contributed by atoms with Gasteiger partial charge in [0.25, 0.3) is 0 Å². The third-order valence-electron chi connectivity index (χ3n) is 3.98. The fourth-order valence-electron chi connectivity index (χ4n) is 2.90. The first-order chi connectivity index (χ1) is 11.3. The lowest BCUT2D eigenvalue weighted by molar-refractivity contribution is -0.145. The maximum Gasteiger partial charge on any atom is 0.318 e. The fourth-order valence-corrected chi connectivity index (χ4v) is 3.36. The Bertz CT molecular complexity index is 545. The summed E-state index contributed by atoms with van der Waals surface area (Å²) in [5, 5.41) is 2.79. The van der Waals surface area contributed by atoms with Gasteiger partial charge in [-0.25, -0.2) is 4.79 Å². The first-order valence-corrected chi connectivity index (χ1v) is 9.10. The molecule has 1 rings (SSSR count). The average Bonchev–Trinajstić information content (AvgIpc) is 2.49. The topological polar surface area (TPSA) is 98.5 Å². The normalized spacial score (nSPS) is 20.9. The van der Waals surface area contributed by atoms with Crippen molar-refractivity contribution >= 4 is 33.8 Å². The minimum absolute atomic E-state index is 0.165. The summed E-state index contributed by atoms with van der Waals surface area (Å²) in [7, 11) is 0. The molecule has 0 spiro atoms. The van der Waals surface area contributed by atoms with E-state index in [2.05, 4.69) is 21.2 Å². The zero-order chi connectivity index (χ0) is 18.2. The van der Waals surface area contributed by atoms with Crippen molar-refractivity contribution in [2.24, 2.45) is 11.1 Å². The molecule has 0 aromatic rings. The number of rotatable bonds is 8. The standard InChI is InChI=1S/C17H25BrN2O4/c1-12-6-5-9-17(10-12,15(22)20-16(19)23)8-4-3-7-14(11-18)24-13(2)21/h5-6,9,14H,3-4,7-8,10-11H2,1-2H3,(H3,19,20,22,23). The van der Waals surface area contributed by atoms with E-state index in [1.54, 1.807) is 0 Å². The summed E-state index contributed by atoms with van der Waals surface area (Å²) in [6.07, 6.45) is 8.94. The van der Waals surface area contributed by atoms with Gasteiger partial charge in [-0.05, 0) is 32.6 Å². The molecular weight excluding hydrogens is 376 g/mol. The molecule has 1 aliphatic rings. The Kier molecular flexibility index (Phi) is 8.18. The smallest absolute Gasteiger partial charge is 0.318 e. The summed E-state index contributed by atoms with van der Waals surface area (Å²) in [6.45, 7) is 3.35. The van der Waals surface area contributed by atoms with Gasteiger partial charge in [0.05, 0.1) is 5.41 Å². The number of carbonyl (C=O) groups excluding carboxylic acids is 3. The molecule has 0 radical (unpaired) electrons. The molecule has 134 valence electrons. The van der Waals surface area contributed by atoms with Crippen LogP contribution in [0.25, 0.3) is 0 Å². The number of amides is 3. The SMILES string of the molecule is CC(=O)OC(CBr)CCCCC1(C(=O)NC(N)=O)C=CC=C(C)C1. The molecule has 0 saturated carbocycles. The summed E-state index contributed by atoms with van der Waals surface area (Å²) in [6, 6.07) is -0.839. The number of nitrogens with two attached hydrogens (primary N) is 1. The van der Waals surface area contributed by atoms with Gasteiger partial charge < -0.3 is 10.5 Å². The van der Waals surface area contributed by atoms with Crippen LogP contribution < -0.4 is 11.1 Å². The molecule has 6 nitrogen and oxygen atoms in total. The predicted octanol–water partition coefficient (Wildman–Crippen LogP) is 2.96. The van der Waals surface area contributed by atoms with Crippen LogP contribution in [0, 0.1) is 5.41 Å².